The normalized spacial score (nSPS) is 12.9. The molecule has 0 saturated carbocycles. The van der Waals surface area contributed by atoms with E-state index in [0.717, 1.165) is 29.9 Å². The SMILES string of the molecule is CS(=O)(=O)c1ccc(C(=O)COC(=O)c2ccc3c4c(cccc24)CC3)cc1. The molecule has 0 bridgehead atoms. The lowest BCUT2D eigenvalue weighted by molar-refractivity contribution is 0.0476. The van der Waals surface area contributed by atoms with E-state index in [0.29, 0.717) is 11.1 Å². The first-order valence-electron chi connectivity index (χ1n) is 8.88. The number of hydrogen-bond acceptors (Lipinski definition) is 5. The maximum Gasteiger partial charge on any atom is 0.339 e. The monoisotopic (exact) mass is 394 g/mol. The Morgan fingerprint density at radius 3 is 2.29 bits per heavy atom. The molecular weight excluding hydrogens is 376 g/mol. The summed E-state index contributed by atoms with van der Waals surface area (Å²) in [5, 5.41) is 1.96. The van der Waals surface area contributed by atoms with Gasteiger partial charge in [-0.3, -0.25) is 4.79 Å². The van der Waals surface area contributed by atoms with Crippen LogP contribution >= 0.6 is 0 Å². The Hall–Kier alpha value is -2.99. The van der Waals surface area contributed by atoms with Crippen molar-refractivity contribution in [3.8, 4) is 0 Å². The highest BCUT2D eigenvalue weighted by Crippen LogP contribution is 2.33. The Morgan fingerprint density at radius 1 is 0.929 bits per heavy atom. The molecule has 0 radical (unpaired) electrons. The van der Waals surface area contributed by atoms with Crippen molar-refractivity contribution in [2.24, 2.45) is 0 Å². The Balaban J connectivity index is 1.51. The summed E-state index contributed by atoms with van der Waals surface area (Å²) in [7, 11) is -3.33. The second-order valence-electron chi connectivity index (χ2n) is 6.91. The van der Waals surface area contributed by atoms with E-state index in [1.807, 2.05) is 18.2 Å². The first-order chi connectivity index (χ1) is 13.3. The Morgan fingerprint density at radius 2 is 1.61 bits per heavy atom. The van der Waals surface area contributed by atoms with E-state index < -0.39 is 22.4 Å². The van der Waals surface area contributed by atoms with Gasteiger partial charge in [0.15, 0.2) is 22.2 Å². The van der Waals surface area contributed by atoms with Gasteiger partial charge in [-0.1, -0.05) is 24.3 Å². The van der Waals surface area contributed by atoms with Gasteiger partial charge in [0.1, 0.15) is 0 Å². The van der Waals surface area contributed by atoms with E-state index in [1.54, 1.807) is 6.07 Å². The number of ketones is 1. The zero-order chi connectivity index (χ0) is 19.9. The van der Waals surface area contributed by atoms with Crippen LogP contribution in [0.3, 0.4) is 0 Å². The number of carbonyl (C=O) groups is 2. The van der Waals surface area contributed by atoms with Gasteiger partial charge in [-0.15, -0.1) is 0 Å². The average Bonchev–Trinajstić information content (AvgIpc) is 3.10. The summed E-state index contributed by atoms with van der Waals surface area (Å²) in [6, 6.07) is 15.2. The predicted octanol–water partition coefficient (Wildman–Crippen LogP) is 3.38. The maximum atomic E-state index is 12.6. The predicted molar refractivity (Wildman–Crippen MR) is 106 cm³/mol. The molecule has 142 valence electrons. The lowest BCUT2D eigenvalue weighted by atomic mass is 10.00. The minimum absolute atomic E-state index is 0.133. The van der Waals surface area contributed by atoms with E-state index in [9.17, 15) is 18.0 Å². The molecule has 0 spiro atoms. The Bertz CT molecular complexity index is 1200. The number of carbonyl (C=O) groups excluding carboxylic acids is 2. The number of benzene rings is 3. The van der Waals surface area contributed by atoms with Gasteiger partial charge in [-0.2, -0.15) is 0 Å². The van der Waals surface area contributed by atoms with Gasteiger partial charge in [0.2, 0.25) is 0 Å². The largest absolute Gasteiger partial charge is 0.454 e. The molecular formula is C22H18O5S. The number of ether oxygens (including phenoxy) is 1. The van der Waals surface area contributed by atoms with Crippen LogP contribution in [0.2, 0.25) is 0 Å². The van der Waals surface area contributed by atoms with Crippen LogP contribution in [0.5, 0.6) is 0 Å². The molecule has 0 unspecified atom stereocenters. The van der Waals surface area contributed by atoms with Crippen molar-refractivity contribution in [2.45, 2.75) is 17.7 Å². The average molecular weight is 394 g/mol. The van der Waals surface area contributed by atoms with Crippen molar-refractivity contribution >= 4 is 32.4 Å². The lowest BCUT2D eigenvalue weighted by Gasteiger charge is -2.09. The summed E-state index contributed by atoms with van der Waals surface area (Å²) in [6.45, 7) is -0.403. The molecule has 1 aliphatic carbocycles. The van der Waals surface area contributed by atoms with Crippen molar-refractivity contribution in [3.63, 3.8) is 0 Å². The van der Waals surface area contributed by atoms with Crippen LogP contribution in [0.25, 0.3) is 10.8 Å². The Labute approximate surface area is 162 Å². The summed E-state index contributed by atoms with van der Waals surface area (Å²) in [5.74, 6) is -0.934. The third-order valence-corrected chi connectivity index (χ3v) is 6.16. The van der Waals surface area contributed by atoms with Gasteiger partial charge in [0.25, 0.3) is 0 Å². The van der Waals surface area contributed by atoms with Gasteiger partial charge in [-0.05, 0) is 65.1 Å². The van der Waals surface area contributed by atoms with Crippen LogP contribution < -0.4 is 0 Å². The standard InChI is InChI=1S/C22H18O5S/c1-28(25,26)17-10-7-14(8-11-17)20(23)13-27-22(24)19-12-9-16-6-5-15-3-2-4-18(19)21(15)16/h2-4,7-12H,5-6,13H2,1H3. The van der Waals surface area contributed by atoms with E-state index in [-0.39, 0.29) is 10.7 Å². The zero-order valence-electron chi connectivity index (χ0n) is 15.3. The minimum Gasteiger partial charge on any atom is -0.454 e. The molecule has 5 nitrogen and oxygen atoms in total. The third-order valence-electron chi connectivity index (χ3n) is 5.04. The van der Waals surface area contributed by atoms with E-state index in [1.165, 1.54) is 35.4 Å². The van der Waals surface area contributed by atoms with Gasteiger partial charge in [-0.25, -0.2) is 13.2 Å². The minimum atomic E-state index is -3.33. The Kier molecular flexibility index (Phi) is 4.51. The molecule has 6 heteroatoms. The fraction of sp³-hybridized carbons (Fsp3) is 0.182. The van der Waals surface area contributed by atoms with E-state index in [4.69, 9.17) is 4.74 Å². The van der Waals surface area contributed by atoms with Crippen molar-refractivity contribution in [2.75, 3.05) is 12.9 Å². The summed E-state index contributed by atoms with van der Waals surface area (Å²) in [5.41, 5.74) is 3.19. The molecule has 1 aliphatic rings. The van der Waals surface area contributed by atoms with Crippen LogP contribution in [0.1, 0.15) is 31.8 Å². The van der Waals surface area contributed by atoms with Crippen LogP contribution in [-0.4, -0.2) is 33.0 Å². The van der Waals surface area contributed by atoms with Crippen molar-refractivity contribution < 1.29 is 22.7 Å². The quantitative estimate of drug-likeness (QED) is 0.490. The molecule has 0 N–H and O–H groups in total. The summed E-state index contributed by atoms with van der Waals surface area (Å²) >= 11 is 0. The molecule has 3 aromatic carbocycles. The number of Topliss-reactive ketones (excluding diaryl/α,β-unsaturated/α-hetero) is 1. The molecule has 0 amide bonds. The summed E-state index contributed by atoms with van der Waals surface area (Å²) in [6.07, 6.45) is 3.03. The lowest BCUT2D eigenvalue weighted by Crippen LogP contribution is -2.14. The van der Waals surface area contributed by atoms with Gasteiger partial charge >= 0.3 is 5.97 Å². The molecule has 0 fully saturated rings. The van der Waals surface area contributed by atoms with Gasteiger partial charge < -0.3 is 4.74 Å². The number of esters is 1. The van der Waals surface area contributed by atoms with E-state index >= 15 is 0 Å². The first-order valence-corrected chi connectivity index (χ1v) is 10.8. The third kappa shape index (κ3) is 3.31. The summed E-state index contributed by atoms with van der Waals surface area (Å²) < 4.78 is 28.2. The molecule has 28 heavy (non-hydrogen) atoms. The topological polar surface area (TPSA) is 77.5 Å². The van der Waals surface area contributed by atoms with Crippen molar-refractivity contribution in [1.29, 1.82) is 0 Å². The molecule has 0 saturated heterocycles. The zero-order valence-corrected chi connectivity index (χ0v) is 16.1. The highest BCUT2D eigenvalue weighted by molar-refractivity contribution is 7.90. The highest BCUT2D eigenvalue weighted by Gasteiger charge is 2.20. The number of hydrogen-bond donors (Lipinski definition) is 0. The fourth-order valence-corrected chi connectivity index (χ4v) is 4.24. The van der Waals surface area contributed by atoms with Gasteiger partial charge in [0, 0.05) is 11.8 Å². The van der Waals surface area contributed by atoms with Crippen molar-refractivity contribution in [1.82, 2.24) is 0 Å². The first kappa shape index (κ1) is 18.4. The van der Waals surface area contributed by atoms with Crippen LogP contribution in [-0.2, 0) is 27.4 Å². The second kappa shape index (κ2) is 6.87. The summed E-state index contributed by atoms with van der Waals surface area (Å²) in [4.78, 5) is 25.0. The maximum absolute atomic E-state index is 12.6. The molecule has 3 aromatic rings. The van der Waals surface area contributed by atoms with Gasteiger partial charge in [0.05, 0.1) is 10.5 Å². The molecule has 0 aromatic heterocycles. The van der Waals surface area contributed by atoms with Crippen LogP contribution in [0.4, 0.5) is 0 Å². The number of sulfone groups is 1. The molecule has 0 aliphatic heterocycles. The van der Waals surface area contributed by atoms with E-state index in [2.05, 4.69) is 6.07 Å². The molecule has 4 rings (SSSR count). The molecule has 0 heterocycles. The number of rotatable bonds is 5. The fourth-order valence-electron chi connectivity index (χ4n) is 3.61. The number of aryl methyl sites for hydroxylation is 2. The van der Waals surface area contributed by atoms with Crippen LogP contribution in [0.15, 0.2) is 59.5 Å². The van der Waals surface area contributed by atoms with Crippen LogP contribution in [0, 0.1) is 0 Å². The highest BCUT2D eigenvalue weighted by atomic mass is 32.2. The van der Waals surface area contributed by atoms with Crippen molar-refractivity contribution in [3.05, 3.63) is 76.9 Å². The molecule has 0 atom stereocenters. The second-order valence-corrected chi connectivity index (χ2v) is 8.92. The smallest absolute Gasteiger partial charge is 0.339 e.